The van der Waals surface area contributed by atoms with Gasteiger partial charge in [0.25, 0.3) is 5.91 Å². The van der Waals surface area contributed by atoms with E-state index >= 15 is 0 Å². The van der Waals surface area contributed by atoms with Crippen molar-refractivity contribution in [3.05, 3.63) is 17.8 Å². The topological polar surface area (TPSA) is 81.2 Å². The number of nitrogens with one attached hydrogen (secondary N) is 1. The number of fused-ring (bicyclic) bond motifs is 1. The molecule has 0 fully saturated rings. The summed E-state index contributed by atoms with van der Waals surface area (Å²) in [6.07, 6.45) is 0.689. The number of thiophene rings is 1. The Hall–Kier alpha value is -1.67. The number of nitrogens with zero attached hydrogens (tertiary/aromatic N) is 2. The Labute approximate surface area is 130 Å². The van der Waals surface area contributed by atoms with Gasteiger partial charge in [0, 0.05) is 11.9 Å². The predicted octanol–water partition coefficient (Wildman–Crippen LogP) is 1.85. The summed E-state index contributed by atoms with van der Waals surface area (Å²) in [5.74, 6) is -0.634. The van der Waals surface area contributed by atoms with Crippen LogP contribution >= 0.6 is 23.1 Å². The lowest BCUT2D eigenvalue weighted by Crippen LogP contribution is -2.35. The number of hydrogen-bond donors (Lipinski definition) is 1. The molecule has 1 N–H and O–H groups in total. The second-order valence-corrected chi connectivity index (χ2v) is 5.99. The number of hydrogen-bond acceptors (Lipinski definition) is 7. The molecule has 0 saturated heterocycles. The lowest BCUT2D eigenvalue weighted by molar-refractivity contribution is -0.152. The highest BCUT2D eigenvalue weighted by Crippen LogP contribution is 2.27. The van der Waals surface area contributed by atoms with Crippen LogP contribution in [0.2, 0.25) is 0 Å². The molecule has 2 aromatic heterocycles. The lowest BCUT2D eigenvalue weighted by Gasteiger charge is -2.12. The first kappa shape index (κ1) is 15.7. The predicted molar refractivity (Wildman–Crippen MR) is 82.4 cm³/mol. The normalized spacial score (nSPS) is 12.1. The molecule has 0 bridgehead atoms. The van der Waals surface area contributed by atoms with Gasteiger partial charge in [-0.1, -0.05) is 11.8 Å². The highest BCUT2D eigenvalue weighted by Gasteiger charge is 2.17. The Morgan fingerprint density at radius 3 is 3.05 bits per heavy atom. The monoisotopic (exact) mass is 325 g/mol. The van der Waals surface area contributed by atoms with Crippen LogP contribution in [-0.4, -0.2) is 40.2 Å². The number of ether oxygens (including phenoxy) is 1. The fourth-order valence-electron chi connectivity index (χ4n) is 1.61. The third-order valence-corrected chi connectivity index (χ3v) is 4.38. The minimum Gasteiger partial charge on any atom is -0.452 e. The molecule has 1 atom stereocenters. The third kappa shape index (κ3) is 4.15. The minimum absolute atomic E-state index is 0.103. The van der Waals surface area contributed by atoms with Crippen molar-refractivity contribution in [2.45, 2.75) is 25.0 Å². The van der Waals surface area contributed by atoms with E-state index in [-0.39, 0.29) is 11.7 Å². The maximum absolute atomic E-state index is 11.7. The summed E-state index contributed by atoms with van der Waals surface area (Å²) in [7, 11) is 0. The number of aromatic nitrogens is 2. The zero-order valence-electron chi connectivity index (χ0n) is 11.7. The quantitative estimate of drug-likeness (QED) is 0.496. The molecule has 0 aliphatic heterocycles. The van der Waals surface area contributed by atoms with Gasteiger partial charge in [-0.15, -0.1) is 11.3 Å². The smallest absolute Gasteiger partial charge is 0.317 e. The average molecular weight is 325 g/mol. The summed E-state index contributed by atoms with van der Waals surface area (Å²) < 4.78 is 5.07. The van der Waals surface area contributed by atoms with E-state index in [0.29, 0.717) is 6.54 Å². The van der Waals surface area contributed by atoms with Crippen LogP contribution < -0.4 is 5.32 Å². The Morgan fingerprint density at radius 2 is 2.29 bits per heavy atom. The summed E-state index contributed by atoms with van der Waals surface area (Å²) in [5, 5.41) is 6.20. The first-order valence-corrected chi connectivity index (χ1v) is 8.26. The molecular formula is C13H15N3O3S2. The van der Waals surface area contributed by atoms with Crippen molar-refractivity contribution >= 4 is 45.2 Å². The molecule has 2 heterocycles. The minimum atomic E-state index is -0.787. The lowest BCUT2D eigenvalue weighted by atomic mass is 10.4. The number of likely N-dealkylation sites (N-methyl/N-ethyl adjacent to an activating group) is 1. The first-order valence-electron chi connectivity index (χ1n) is 6.40. The Morgan fingerprint density at radius 1 is 1.48 bits per heavy atom. The van der Waals surface area contributed by atoms with E-state index < -0.39 is 12.1 Å². The number of thioether (sulfide) groups is 1. The van der Waals surface area contributed by atoms with Gasteiger partial charge >= 0.3 is 5.97 Å². The molecule has 112 valence electrons. The van der Waals surface area contributed by atoms with Gasteiger partial charge in [0.15, 0.2) is 6.10 Å². The molecule has 0 saturated carbocycles. The molecule has 21 heavy (non-hydrogen) atoms. The number of amides is 1. The second-order valence-electron chi connectivity index (χ2n) is 4.13. The van der Waals surface area contributed by atoms with Crippen molar-refractivity contribution in [2.75, 3.05) is 12.3 Å². The van der Waals surface area contributed by atoms with Crippen molar-refractivity contribution in [1.82, 2.24) is 15.3 Å². The van der Waals surface area contributed by atoms with Crippen LogP contribution in [-0.2, 0) is 14.3 Å². The molecule has 8 heteroatoms. The standard InChI is InChI=1S/C13H15N3O3S2/c1-3-14-11(18)8(2)19-10(17)6-21-13-9-4-5-20-12(9)15-7-16-13/h4-5,7-8H,3,6H2,1-2H3,(H,14,18)/t8-/m0/s1. The van der Waals surface area contributed by atoms with Crippen LogP contribution in [0.15, 0.2) is 22.8 Å². The fourth-order valence-corrected chi connectivity index (χ4v) is 3.17. The number of esters is 1. The van der Waals surface area contributed by atoms with Crippen LogP contribution in [0.3, 0.4) is 0 Å². The van der Waals surface area contributed by atoms with Crippen LogP contribution in [0.25, 0.3) is 10.2 Å². The highest BCUT2D eigenvalue weighted by molar-refractivity contribution is 8.00. The average Bonchev–Trinajstić information content (AvgIpc) is 2.94. The fraction of sp³-hybridized carbons (Fsp3) is 0.385. The highest BCUT2D eigenvalue weighted by atomic mass is 32.2. The zero-order chi connectivity index (χ0) is 15.2. The molecule has 0 aromatic carbocycles. The molecule has 0 spiro atoms. The van der Waals surface area contributed by atoms with E-state index in [0.717, 1.165) is 15.2 Å². The second kappa shape index (κ2) is 7.37. The summed E-state index contributed by atoms with van der Waals surface area (Å²) in [6.45, 7) is 3.87. The van der Waals surface area contributed by atoms with E-state index in [1.165, 1.54) is 29.4 Å². The van der Waals surface area contributed by atoms with Gasteiger partial charge in [0.05, 0.1) is 5.75 Å². The van der Waals surface area contributed by atoms with Crippen molar-refractivity contribution in [3.8, 4) is 0 Å². The summed E-state index contributed by atoms with van der Waals surface area (Å²) >= 11 is 2.80. The van der Waals surface area contributed by atoms with Crippen LogP contribution in [0.5, 0.6) is 0 Å². The Bertz CT molecular complexity index is 644. The first-order chi connectivity index (χ1) is 10.1. The number of carbonyl (C=O) groups is 2. The van der Waals surface area contributed by atoms with Gasteiger partial charge in [-0.25, -0.2) is 9.97 Å². The van der Waals surface area contributed by atoms with Crippen molar-refractivity contribution < 1.29 is 14.3 Å². The van der Waals surface area contributed by atoms with E-state index in [1.807, 2.05) is 18.4 Å². The van der Waals surface area contributed by atoms with Crippen LogP contribution in [0.1, 0.15) is 13.8 Å². The van der Waals surface area contributed by atoms with Gasteiger partial charge in [-0.3, -0.25) is 9.59 Å². The van der Waals surface area contributed by atoms with Gasteiger partial charge in [0.1, 0.15) is 16.2 Å². The van der Waals surface area contributed by atoms with E-state index in [1.54, 1.807) is 6.92 Å². The molecule has 0 aliphatic rings. The Balaban J connectivity index is 1.89. The SMILES string of the molecule is CCNC(=O)[C@H](C)OC(=O)CSc1ncnc2sccc12. The van der Waals surface area contributed by atoms with Gasteiger partial charge in [-0.05, 0) is 25.3 Å². The molecule has 6 nitrogen and oxygen atoms in total. The van der Waals surface area contributed by atoms with Crippen molar-refractivity contribution in [1.29, 1.82) is 0 Å². The molecule has 2 aromatic rings. The van der Waals surface area contributed by atoms with E-state index in [4.69, 9.17) is 4.74 Å². The third-order valence-electron chi connectivity index (χ3n) is 2.58. The van der Waals surface area contributed by atoms with Crippen molar-refractivity contribution in [3.63, 3.8) is 0 Å². The van der Waals surface area contributed by atoms with Gasteiger partial charge < -0.3 is 10.1 Å². The maximum Gasteiger partial charge on any atom is 0.317 e. The Kier molecular flexibility index (Phi) is 5.51. The van der Waals surface area contributed by atoms with Gasteiger partial charge in [-0.2, -0.15) is 0 Å². The molecular weight excluding hydrogens is 310 g/mol. The van der Waals surface area contributed by atoms with Crippen LogP contribution in [0.4, 0.5) is 0 Å². The molecule has 0 aliphatic carbocycles. The van der Waals surface area contributed by atoms with E-state index in [9.17, 15) is 9.59 Å². The largest absolute Gasteiger partial charge is 0.452 e. The summed E-state index contributed by atoms with van der Waals surface area (Å²) in [4.78, 5) is 32.4. The zero-order valence-corrected chi connectivity index (χ0v) is 13.3. The van der Waals surface area contributed by atoms with E-state index in [2.05, 4.69) is 15.3 Å². The summed E-state index contributed by atoms with van der Waals surface area (Å²) in [6, 6.07) is 1.92. The molecule has 0 unspecified atom stereocenters. The van der Waals surface area contributed by atoms with Crippen LogP contribution in [0, 0.1) is 0 Å². The molecule has 2 rings (SSSR count). The van der Waals surface area contributed by atoms with Gasteiger partial charge in [0.2, 0.25) is 0 Å². The number of carbonyl (C=O) groups excluding carboxylic acids is 2. The van der Waals surface area contributed by atoms with Crippen molar-refractivity contribution in [2.24, 2.45) is 0 Å². The maximum atomic E-state index is 11.7. The number of rotatable bonds is 6. The molecule has 0 radical (unpaired) electrons. The molecule has 1 amide bonds. The summed E-state index contributed by atoms with van der Waals surface area (Å²) in [5.41, 5.74) is 0.